The largest absolute Gasteiger partial charge is 0.445 e. The van der Waals surface area contributed by atoms with Crippen molar-refractivity contribution in [1.29, 1.82) is 0 Å². The summed E-state index contributed by atoms with van der Waals surface area (Å²) in [6, 6.07) is 15.5. The first-order valence-electron chi connectivity index (χ1n) is 9.16. The lowest BCUT2D eigenvalue weighted by molar-refractivity contribution is -0.0342. The molecule has 1 fully saturated rings. The van der Waals surface area contributed by atoms with E-state index in [-0.39, 0.29) is 24.8 Å². The molecule has 0 radical (unpaired) electrons. The average Bonchev–Trinajstić information content (AvgIpc) is 2.68. The van der Waals surface area contributed by atoms with Crippen molar-refractivity contribution in [1.82, 2.24) is 4.90 Å². The van der Waals surface area contributed by atoms with Crippen LogP contribution in [0.25, 0.3) is 5.57 Å². The van der Waals surface area contributed by atoms with Crippen LogP contribution >= 0.6 is 11.6 Å². The standard InChI is InChI=1S/C22H22ClNO3/c1-15-7-8-18(23)11-21(15)17-9-19-13-26-14-20(10-17)24(19)22(25)27-12-16-5-3-2-4-6-16/h2-9,11,19-20H,10,12-14H2,1H3. The molecule has 2 aliphatic heterocycles. The monoisotopic (exact) mass is 383 g/mol. The molecule has 2 heterocycles. The summed E-state index contributed by atoms with van der Waals surface area (Å²) in [7, 11) is 0. The molecule has 2 aromatic rings. The maximum absolute atomic E-state index is 12.7. The Bertz CT molecular complexity index is 865. The minimum absolute atomic E-state index is 0.0228. The Labute approximate surface area is 164 Å². The normalized spacial score (nSPS) is 21.6. The van der Waals surface area contributed by atoms with Crippen LogP contribution in [0.15, 0.2) is 54.6 Å². The number of carbonyl (C=O) groups is 1. The van der Waals surface area contributed by atoms with Gasteiger partial charge in [0, 0.05) is 5.02 Å². The molecular formula is C22H22ClNO3. The van der Waals surface area contributed by atoms with Crippen molar-refractivity contribution in [2.45, 2.75) is 32.0 Å². The van der Waals surface area contributed by atoms with Gasteiger partial charge in [-0.2, -0.15) is 0 Å². The van der Waals surface area contributed by atoms with E-state index in [1.54, 1.807) is 0 Å². The predicted octanol–water partition coefficient (Wildman–Crippen LogP) is 4.84. The predicted molar refractivity (Wildman–Crippen MR) is 106 cm³/mol. The summed E-state index contributed by atoms with van der Waals surface area (Å²) in [5, 5.41) is 0.725. The smallest absolute Gasteiger partial charge is 0.411 e. The molecule has 2 unspecified atom stereocenters. The van der Waals surface area contributed by atoms with Crippen LogP contribution in [0, 0.1) is 6.92 Å². The second-order valence-corrected chi connectivity index (χ2v) is 7.50. The third-order valence-corrected chi connectivity index (χ3v) is 5.40. The summed E-state index contributed by atoms with van der Waals surface area (Å²) in [6.45, 7) is 3.37. The molecule has 2 aromatic carbocycles. The molecule has 0 saturated carbocycles. The van der Waals surface area contributed by atoms with Gasteiger partial charge < -0.3 is 9.47 Å². The van der Waals surface area contributed by atoms with Crippen molar-refractivity contribution in [2.75, 3.05) is 13.2 Å². The maximum atomic E-state index is 12.7. The van der Waals surface area contributed by atoms with Gasteiger partial charge in [0.15, 0.2) is 0 Å². The van der Waals surface area contributed by atoms with Gasteiger partial charge in [0.2, 0.25) is 0 Å². The Hall–Kier alpha value is -2.30. The first-order chi connectivity index (χ1) is 13.1. The fraction of sp³-hybridized carbons (Fsp3) is 0.318. The molecule has 0 N–H and O–H groups in total. The number of rotatable bonds is 3. The Kier molecular flexibility index (Phi) is 5.19. The molecule has 4 nitrogen and oxygen atoms in total. The molecule has 4 rings (SSSR count). The van der Waals surface area contributed by atoms with E-state index in [4.69, 9.17) is 21.1 Å². The number of carbonyl (C=O) groups excluding carboxylic acids is 1. The molecule has 1 amide bonds. The highest BCUT2D eigenvalue weighted by atomic mass is 35.5. The van der Waals surface area contributed by atoms with Crippen LogP contribution in [0.3, 0.4) is 0 Å². The number of amides is 1. The number of aryl methyl sites for hydroxylation is 1. The van der Waals surface area contributed by atoms with Crippen LogP contribution in [0.5, 0.6) is 0 Å². The van der Waals surface area contributed by atoms with E-state index in [1.807, 2.05) is 53.4 Å². The van der Waals surface area contributed by atoms with Gasteiger partial charge in [-0.1, -0.05) is 54.1 Å². The number of nitrogens with zero attached hydrogens (tertiary/aromatic N) is 1. The molecule has 2 atom stereocenters. The van der Waals surface area contributed by atoms with Crippen molar-refractivity contribution in [3.8, 4) is 0 Å². The molecule has 2 aliphatic rings. The van der Waals surface area contributed by atoms with E-state index in [9.17, 15) is 4.79 Å². The number of ether oxygens (including phenoxy) is 2. The van der Waals surface area contributed by atoms with Crippen LogP contribution in [-0.2, 0) is 16.1 Å². The minimum Gasteiger partial charge on any atom is -0.445 e. The Balaban J connectivity index is 1.53. The first kappa shape index (κ1) is 18.1. The summed E-state index contributed by atoms with van der Waals surface area (Å²) in [5.41, 5.74) is 4.54. The molecule has 1 saturated heterocycles. The number of benzene rings is 2. The van der Waals surface area contributed by atoms with E-state index < -0.39 is 0 Å². The number of fused-ring (bicyclic) bond motifs is 2. The van der Waals surface area contributed by atoms with Crippen molar-refractivity contribution in [2.24, 2.45) is 0 Å². The van der Waals surface area contributed by atoms with E-state index in [0.717, 1.165) is 22.6 Å². The van der Waals surface area contributed by atoms with Gasteiger partial charge >= 0.3 is 6.09 Å². The number of hydrogen-bond donors (Lipinski definition) is 0. The SMILES string of the molecule is Cc1ccc(Cl)cc1C1=CC2COCC(C1)N2C(=O)OCc1ccccc1. The van der Waals surface area contributed by atoms with E-state index in [0.29, 0.717) is 13.2 Å². The van der Waals surface area contributed by atoms with Gasteiger partial charge in [-0.25, -0.2) is 4.79 Å². The highest BCUT2D eigenvalue weighted by Gasteiger charge is 2.39. The average molecular weight is 384 g/mol. The van der Waals surface area contributed by atoms with Gasteiger partial charge in [-0.3, -0.25) is 4.90 Å². The highest BCUT2D eigenvalue weighted by Crippen LogP contribution is 2.35. The van der Waals surface area contributed by atoms with Gasteiger partial charge in [0.05, 0.1) is 25.3 Å². The molecule has 2 bridgehead atoms. The van der Waals surface area contributed by atoms with Crippen molar-refractivity contribution in [3.63, 3.8) is 0 Å². The van der Waals surface area contributed by atoms with Crippen LogP contribution in [-0.4, -0.2) is 36.3 Å². The quantitative estimate of drug-likeness (QED) is 0.761. The van der Waals surface area contributed by atoms with Crippen LogP contribution in [0.4, 0.5) is 4.79 Å². The Morgan fingerprint density at radius 1 is 1.22 bits per heavy atom. The first-order valence-corrected chi connectivity index (χ1v) is 9.53. The zero-order valence-electron chi connectivity index (χ0n) is 15.2. The lowest BCUT2D eigenvalue weighted by Crippen LogP contribution is -2.56. The lowest BCUT2D eigenvalue weighted by atomic mass is 9.88. The Morgan fingerprint density at radius 3 is 2.81 bits per heavy atom. The van der Waals surface area contributed by atoms with Gasteiger partial charge in [0.1, 0.15) is 6.61 Å². The van der Waals surface area contributed by atoms with Crippen molar-refractivity contribution < 1.29 is 14.3 Å². The van der Waals surface area contributed by atoms with E-state index >= 15 is 0 Å². The molecule has 5 heteroatoms. The number of morpholine rings is 1. The van der Waals surface area contributed by atoms with Crippen LogP contribution in [0.2, 0.25) is 5.02 Å². The fourth-order valence-electron chi connectivity index (χ4n) is 3.81. The molecule has 0 aliphatic carbocycles. The second-order valence-electron chi connectivity index (χ2n) is 7.06. The summed E-state index contributed by atoms with van der Waals surface area (Å²) in [6.07, 6.45) is 2.58. The van der Waals surface area contributed by atoms with Gasteiger partial charge in [-0.05, 0) is 47.7 Å². The fourth-order valence-corrected chi connectivity index (χ4v) is 3.99. The molecule has 0 aromatic heterocycles. The number of halogens is 1. The molecule has 0 spiro atoms. The molecule has 140 valence electrons. The summed E-state index contributed by atoms with van der Waals surface area (Å²) in [5.74, 6) is 0. The zero-order chi connectivity index (χ0) is 18.8. The minimum atomic E-state index is -0.282. The van der Waals surface area contributed by atoms with E-state index in [2.05, 4.69) is 13.0 Å². The Morgan fingerprint density at radius 2 is 2.04 bits per heavy atom. The van der Waals surface area contributed by atoms with Gasteiger partial charge in [0.25, 0.3) is 0 Å². The summed E-state index contributed by atoms with van der Waals surface area (Å²) < 4.78 is 11.3. The van der Waals surface area contributed by atoms with Crippen LogP contribution < -0.4 is 0 Å². The van der Waals surface area contributed by atoms with Crippen LogP contribution in [0.1, 0.15) is 23.1 Å². The van der Waals surface area contributed by atoms with Crippen molar-refractivity contribution in [3.05, 3.63) is 76.3 Å². The second kappa shape index (κ2) is 7.75. The molecule has 27 heavy (non-hydrogen) atoms. The summed E-state index contributed by atoms with van der Waals surface area (Å²) in [4.78, 5) is 14.6. The zero-order valence-corrected chi connectivity index (χ0v) is 16.0. The van der Waals surface area contributed by atoms with Crippen molar-refractivity contribution >= 4 is 23.3 Å². The van der Waals surface area contributed by atoms with Gasteiger partial charge in [-0.15, -0.1) is 0 Å². The molecular weight excluding hydrogens is 362 g/mol. The lowest BCUT2D eigenvalue weighted by Gasteiger charge is -2.44. The number of hydrogen-bond acceptors (Lipinski definition) is 3. The highest BCUT2D eigenvalue weighted by molar-refractivity contribution is 6.30. The topological polar surface area (TPSA) is 38.8 Å². The maximum Gasteiger partial charge on any atom is 0.411 e. The third kappa shape index (κ3) is 3.87. The third-order valence-electron chi connectivity index (χ3n) is 5.16. The summed E-state index contributed by atoms with van der Waals surface area (Å²) >= 11 is 6.20. The van der Waals surface area contributed by atoms with E-state index in [1.165, 1.54) is 11.1 Å².